The maximum atomic E-state index is 12.4. The van der Waals surface area contributed by atoms with Crippen LogP contribution in [0.2, 0.25) is 5.02 Å². The summed E-state index contributed by atoms with van der Waals surface area (Å²) in [6, 6.07) is 9.06. The predicted molar refractivity (Wildman–Crippen MR) is 144 cm³/mol. The zero-order valence-electron chi connectivity index (χ0n) is 18.8. The number of hydrogen-bond donors (Lipinski definition) is 4. The van der Waals surface area contributed by atoms with Crippen molar-refractivity contribution in [1.82, 2.24) is 20.2 Å². The molecule has 0 atom stereocenters. The van der Waals surface area contributed by atoms with Gasteiger partial charge in [0.2, 0.25) is 5.95 Å². The summed E-state index contributed by atoms with van der Waals surface area (Å²) in [5.41, 5.74) is 1.46. The third kappa shape index (κ3) is 7.06. The van der Waals surface area contributed by atoms with Gasteiger partial charge in [-0.3, -0.25) is 4.79 Å². The van der Waals surface area contributed by atoms with E-state index in [0.717, 1.165) is 36.1 Å². The molecule has 0 aliphatic carbocycles. The molecule has 0 saturated carbocycles. The maximum Gasteiger partial charge on any atom is 0.321 e. The summed E-state index contributed by atoms with van der Waals surface area (Å²) in [5, 5.41) is 14.5. The van der Waals surface area contributed by atoms with Crippen LogP contribution < -0.4 is 21.3 Å². The van der Waals surface area contributed by atoms with Gasteiger partial charge in [-0.2, -0.15) is 4.98 Å². The van der Waals surface area contributed by atoms with Crippen LogP contribution in [0.15, 0.2) is 46.4 Å². The SMILES string of the molecule is O=C(NCCCNc1nc(Nc2cccc(NC(=O)N3CCCC3)c2)ncc1Br)c1sccc1Cl. The molecule has 0 radical (unpaired) electrons. The highest BCUT2D eigenvalue weighted by Gasteiger charge is 2.18. The Hall–Kier alpha value is -2.89. The van der Waals surface area contributed by atoms with Gasteiger partial charge in [-0.15, -0.1) is 11.3 Å². The average Bonchev–Trinajstić information content (AvgIpc) is 3.53. The second-order valence-corrected chi connectivity index (χ2v) is 10.0. The molecule has 0 unspecified atom stereocenters. The lowest BCUT2D eigenvalue weighted by molar-refractivity contribution is 0.0957. The normalized spacial score (nSPS) is 12.9. The molecule has 1 aliphatic rings. The molecule has 3 heterocycles. The van der Waals surface area contributed by atoms with E-state index in [1.54, 1.807) is 17.6 Å². The van der Waals surface area contributed by atoms with Crippen molar-refractivity contribution in [2.24, 2.45) is 0 Å². The van der Waals surface area contributed by atoms with E-state index in [0.29, 0.717) is 46.9 Å². The molecule has 0 bridgehead atoms. The van der Waals surface area contributed by atoms with E-state index in [-0.39, 0.29) is 11.9 Å². The van der Waals surface area contributed by atoms with Gasteiger partial charge in [0.1, 0.15) is 10.7 Å². The van der Waals surface area contributed by atoms with Crippen LogP contribution in [-0.4, -0.2) is 53.0 Å². The Bertz CT molecular complexity index is 1190. The first-order valence-electron chi connectivity index (χ1n) is 11.2. The molecule has 1 fully saturated rings. The number of benzene rings is 1. The van der Waals surface area contributed by atoms with Crippen LogP contribution in [-0.2, 0) is 0 Å². The first-order chi connectivity index (χ1) is 17.0. The second-order valence-electron chi connectivity index (χ2n) is 7.85. The number of urea groups is 1. The molecular formula is C23H25BrClN7O2S. The fourth-order valence-corrected chi connectivity index (χ4v) is 4.90. The zero-order chi connectivity index (χ0) is 24.6. The lowest BCUT2D eigenvalue weighted by atomic mass is 10.3. The van der Waals surface area contributed by atoms with Gasteiger partial charge < -0.3 is 26.2 Å². The molecule has 1 aliphatic heterocycles. The molecule has 1 aromatic carbocycles. The van der Waals surface area contributed by atoms with Crippen LogP contribution in [0.3, 0.4) is 0 Å². The maximum absolute atomic E-state index is 12.4. The Morgan fingerprint density at radius 3 is 2.71 bits per heavy atom. The van der Waals surface area contributed by atoms with Crippen LogP contribution in [0, 0.1) is 0 Å². The highest BCUT2D eigenvalue weighted by atomic mass is 79.9. The van der Waals surface area contributed by atoms with Crippen molar-refractivity contribution in [1.29, 1.82) is 0 Å². The van der Waals surface area contributed by atoms with Crippen molar-refractivity contribution < 1.29 is 9.59 Å². The minimum atomic E-state index is -0.168. The van der Waals surface area contributed by atoms with E-state index in [9.17, 15) is 9.59 Å². The molecule has 9 nitrogen and oxygen atoms in total. The number of anilines is 4. The van der Waals surface area contributed by atoms with Gasteiger partial charge in [-0.05, 0) is 64.8 Å². The van der Waals surface area contributed by atoms with E-state index >= 15 is 0 Å². The average molecular weight is 579 g/mol. The smallest absolute Gasteiger partial charge is 0.321 e. The summed E-state index contributed by atoms with van der Waals surface area (Å²) in [6.07, 6.45) is 4.46. The Morgan fingerprint density at radius 2 is 1.94 bits per heavy atom. The molecule has 184 valence electrons. The number of nitrogens with one attached hydrogen (secondary N) is 4. The molecule has 3 aromatic rings. The van der Waals surface area contributed by atoms with Gasteiger partial charge in [-0.1, -0.05) is 17.7 Å². The Kier molecular flexibility index (Phi) is 8.78. The summed E-state index contributed by atoms with van der Waals surface area (Å²) >= 11 is 10.8. The largest absolute Gasteiger partial charge is 0.369 e. The minimum absolute atomic E-state index is 0.0827. The number of likely N-dealkylation sites (tertiary alicyclic amines) is 1. The second kappa shape index (κ2) is 12.2. The molecule has 2 aromatic heterocycles. The molecule has 3 amide bonds. The summed E-state index contributed by atoms with van der Waals surface area (Å²) in [5.74, 6) is 0.881. The highest BCUT2D eigenvalue weighted by Crippen LogP contribution is 2.24. The van der Waals surface area contributed by atoms with Gasteiger partial charge in [0.25, 0.3) is 5.91 Å². The van der Waals surface area contributed by atoms with E-state index in [4.69, 9.17) is 11.6 Å². The van der Waals surface area contributed by atoms with Gasteiger partial charge in [0, 0.05) is 43.8 Å². The van der Waals surface area contributed by atoms with Crippen LogP contribution in [0.25, 0.3) is 0 Å². The number of nitrogens with zero attached hydrogens (tertiary/aromatic N) is 3. The highest BCUT2D eigenvalue weighted by molar-refractivity contribution is 9.10. The molecule has 4 rings (SSSR count). The molecule has 12 heteroatoms. The van der Waals surface area contributed by atoms with E-state index < -0.39 is 0 Å². The summed E-state index contributed by atoms with van der Waals surface area (Å²) < 4.78 is 0.726. The summed E-state index contributed by atoms with van der Waals surface area (Å²) in [7, 11) is 0. The standard InChI is InChI=1S/C23H25BrClN7O2S/c24-17-14-28-22(29-15-5-3-6-16(13-15)30-23(34)32-10-1-2-11-32)31-20(17)26-8-4-9-27-21(33)19-18(25)7-12-35-19/h3,5-7,12-14H,1-2,4,8-11H2,(H,27,33)(H,30,34)(H2,26,28,29,31). The van der Waals surface area contributed by atoms with Crippen molar-refractivity contribution in [2.45, 2.75) is 19.3 Å². The quantitative estimate of drug-likeness (QED) is 0.248. The van der Waals surface area contributed by atoms with Crippen molar-refractivity contribution in [3.8, 4) is 0 Å². The first-order valence-corrected chi connectivity index (χ1v) is 13.3. The lowest BCUT2D eigenvalue weighted by Crippen LogP contribution is -2.32. The lowest BCUT2D eigenvalue weighted by Gasteiger charge is -2.16. The number of carbonyl (C=O) groups excluding carboxylic acids is 2. The van der Waals surface area contributed by atoms with Crippen LogP contribution in [0.4, 0.5) is 27.9 Å². The van der Waals surface area contributed by atoms with Crippen molar-refractivity contribution in [2.75, 3.05) is 42.1 Å². The van der Waals surface area contributed by atoms with Crippen molar-refractivity contribution in [3.63, 3.8) is 0 Å². The predicted octanol–water partition coefficient (Wildman–Crippen LogP) is 5.56. The topological polar surface area (TPSA) is 111 Å². The number of aromatic nitrogens is 2. The molecule has 4 N–H and O–H groups in total. The number of carbonyl (C=O) groups is 2. The van der Waals surface area contributed by atoms with E-state index in [2.05, 4.69) is 47.2 Å². The van der Waals surface area contributed by atoms with Gasteiger partial charge in [-0.25, -0.2) is 9.78 Å². The minimum Gasteiger partial charge on any atom is -0.369 e. The van der Waals surface area contributed by atoms with Crippen LogP contribution >= 0.6 is 38.9 Å². The van der Waals surface area contributed by atoms with Gasteiger partial charge in [0.15, 0.2) is 0 Å². The molecular weight excluding hydrogens is 554 g/mol. The summed E-state index contributed by atoms with van der Waals surface area (Å²) in [4.78, 5) is 35.7. The van der Waals surface area contributed by atoms with Crippen LogP contribution in [0.5, 0.6) is 0 Å². The van der Waals surface area contributed by atoms with E-state index in [1.165, 1.54) is 11.3 Å². The Balaban J connectivity index is 1.27. The summed E-state index contributed by atoms with van der Waals surface area (Å²) in [6.45, 7) is 2.69. The first kappa shape index (κ1) is 25.2. The zero-order valence-corrected chi connectivity index (χ0v) is 22.0. The van der Waals surface area contributed by atoms with Crippen molar-refractivity contribution in [3.05, 3.63) is 56.3 Å². The number of amides is 3. The fourth-order valence-electron chi connectivity index (χ4n) is 3.51. The van der Waals surface area contributed by atoms with Gasteiger partial charge in [0.05, 0.1) is 9.50 Å². The molecule has 1 saturated heterocycles. The number of halogens is 2. The number of rotatable bonds is 9. The van der Waals surface area contributed by atoms with E-state index in [1.807, 2.05) is 29.2 Å². The number of thiophene rings is 1. The Morgan fingerprint density at radius 1 is 1.14 bits per heavy atom. The third-order valence-electron chi connectivity index (χ3n) is 5.26. The van der Waals surface area contributed by atoms with Crippen LogP contribution in [0.1, 0.15) is 28.9 Å². The Labute approximate surface area is 220 Å². The molecule has 0 spiro atoms. The molecule has 35 heavy (non-hydrogen) atoms. The van der Waals surface area contributed by atoms with Crippen molar-refractivity contribution >= 4 is 73.9 Å². The number of hydrogen-bond acceptors (Lipinski definition) is 7. The van der Waals surface area contributed by atoms with Gasteiger partial charge >= 0.3 is 6.03 Å². The fraction of sp³-hybridized carbons (Fsp3) is 0.304. The third-order valence-corrected chi connectivity index (χ3v) is 7.18. The monoisotopic (exact) mass is 577 g/mol.